The van der Waals surface area contributed by atoms with Crippen molar-refractivity contribution in [1.29, 1.82) is 0 Å². The molecule has 34 heavy (non-hydrogen) atoms. The number of nitrogens with zero attached hydrogens (tertiary/aromatic N) is 1. The predicted molar refractivity (Wildman–Crippen MR) is 135 cm³/mol. The van der Waals surface area contributed by atoms with E-state index in [0.717, 1.165) is 4.31 Å². The maximum absolute atomic E-state index is 13.8. The predicted octanol–water partition coefficient (Wildman–Crippen LogP) is 5.81. The fourth-order valence-corrected chi connectivity index (χ4v) is 5.54. The van der Waals surface area contributed by atoms with Crippen molar-refractivity contribution in [2.45, 2.75) is 11.8 Å². The molecule has 7 nitrogen and oxygen atoms in total. The molecule has 0 aliphatic heterocycles. The van der Waals surface area contributed by atoms with Gasteiger partial charge in [0.25, 0.3) is 10.0 Å². The van der Waals surface area contributed by atoms with Crippen LogP contribution in [-0.2, 0) is 14.8 Å². The second kappa shape index (κ2) is 10.7. The van der Waals surface area contributed by atoms with Gasteiger partial charge < -0.3 is 14.8 Å². The molecule has 3 rings (SSSR count). The standard InChI is InChI=1S/C23H21Cl3N2O5S/c1-14-4-6-21(33-3)22(8-14)34(30,31)28(18-10-16(25)9-17(26)11-18)13-23(29)27-19-12-15(24)5-7-20(19)32-2/h4-12H,13H2,1-3H3,(H,27,29). The lowest BCUT2D eigenvalue weighted by atomic mass is 10.2. The van der Waals surface area contributed by atoms with Crippen molar-refractivity contribution in [1.82, 2.24) is 0 Å². The van der Waals surface area contributed by atoms with Crippen LogP contribution in [0.3, 0.4) is 0 Å². The minimum Gasteiger partial charge on any atom is -0.495 e. The summed E-state index contributed by atoms with van der Waals surface area (Å²) in [5.41, 5.74) is 1.08. The molecule has 0 aromatic heterocycles. The van der Waals surface area contributed by atoms with Crippen LogP contribution in [0.1, 0.15) is 5.56 Å². The zero-order valence-corrected chi connectivity index (χ0v) is 21.5. The minimum absolute atomic E-state index is 0.106. The molecule has 0 saturated heterocycles. The van der Waals surface area contributed by atoms with Crippen molar-refractivity contribution in [2.24, 2.45) is 0 Å². The number of rotatable bonds is 8. The monoisotopic (exact) mass is 542 g/mol. The van der Waals surface area contributed by atoms with Crippen molar-refractivity contribution in [3.63, 3.8) is 0 Å². The molecule has 0 spiro atoms. The van der Waals surface area contributed by atoms with Gasteiger partial charge in [-0.15, -0.1) is 0 Å². The zero-order valence-electron chi connectivity index (χ0n) is 18.4. The molecule has 3 aromatic rings. The Balaban J connectivity index is 2.08. The number of carbonyl (C=O) groups is 1. The van der Waals surface area contributed by atoms with Gasteiger partial charge in [0.15, 0.2) is 0 Å². The maximum Gasteiger partial charge on any atom is 0.268 e. The lowest BCUT2D eigenvalue weighted by Gasteiger charge is -2.25. The number of benzene rings is 3. The second-order valence-corrected chi connectivity index (χ2v) is 10.3. The Hall–Kier alpha value is -2.65. The third-order valence-corrected chi connectivity index (χ3v) is 7.21. The average molecular weight is 544 g/mol. The summed E-state index contributed by atoms with van der Waals surface area (Å²) in [4.78, 5) is 12.9. The van der Waals surface area contributed by atoms with Gasteiger partial charge in [-0.05, 0) is 61.0 Å². The van der Waals surface area contributed by atoms with Crippen molar-refractivity contribution in [2.75, 3.05) is 30.4 Å². The third kappa shape index (κ3) is 5.88. The summed E-state index contributed by atoms with van der Waals surface area (Å²) in [7, 11) is -1.49. The van der Waals surface area contributed by atoms with Crippen molar-refractivity contribution in [3.8, 4) is 11.5 Å². The molecule has 0 fully saturated rings. The summed E-state index contributed by atoms with van der Waals surface area (Å²) in [6.07, 6.45) is 0. The Bertz CT molecular complexity index is 1310. The average Bonchev–Trinajstić information content (AvgIpc) is 2.76. The summed E-state index contributed by atoms with van der Waals surface area (Å²) in [6.45, 7) is 1.16. The summed E-state index contributed by atoms with van der Waals surface area (Å²) in [5.74, 6) is -0.161. The van der Waals surface area contributed by atoms with E-state index in [-0.39, 0.29) is 32.1 Å². The molecule has 0 saturated carbocycles. The third-order valence-electron chi connectivity index (χ3n) is 4.75. The van der Waals surface area contributed by atoms with E-state index in [9.17, 15) is 13.2 Å². The largest absolute Gasteiger partial charge is 0.495 e. The molecule has 1 amide bonds. The summed E-state index contributed by atoms with van der Waals surface area (Å²) in [5, 5.41) is 3.42. The van der Waals surface area contributed by atoms with Crippen LogP contribution in [0.5, 0.6) is 11.5 Å². The lowest BCUT2D eigenvalue weighted by Crippen LogP contribution is -2.38. The molecular weight excluding hydrogens is 523 g/mol. The summed E-state index contributed by atoms with van der Waals surface area (Å²) in [6, 6.07) is 13.7. The number of ether oxygens (including phenoxy) is 2. The molecule has 0 aliphatic rings. The molecule has 180 valence electrons. The van der Waals surface area contributed by atoms with E-state index in [1.165, 1.54) is 44.6 Å². The van der Waals surface area contributed by atoms with Crippen LogP contribution in [0.15, 0.2) is 59.5 Å². The highest BCUT2D eigenvalue weighted by atomic mass is 35.5. The molecular formula is C23H21Cl3N2O5S. The lowest BCUT2D eigenvalue weighted by molar-refractivity contribution is -0.114. The highest BCUT2D eigenvalue weighted by Crippen LogP contribution is 2.34. The molecule has 0 aliphatic carbocycles. The number of hydrogen-bond donors (Lipinski definition) is 1. The first-order chi connectivity index (χ1) is 16.0. The maximum atomic E-state index is 13.8. The molecule has 0 radical (unpaired) electrons. The van der Waals surface area contributed by atoms with Crippen LogP contribution in [0.2, 0.25) is 15.1 Å². The van der Waals surface area contributed by atoms with Crippen LogP contribution in [0.4, 0.5) is 11.4 Å². The first-order valence-electron chi connectivity index (χ1n) is 9.82. The van der Waals surface area contributed by atoms with Gasteiger partial charge >= 0.3 is 0 Å². The molecule has 0 unspecified atom stereocenters. The fraction of sp³-hybridized carbons (Fsp3) is 0.174. The molecule has 11 heteroatoms. The van der Waals surface area contributed by atoms with Gasteiger partial charge in [-0.2, -0.15) is 0 Å². The van der Waals surface area contributed by atoms with Crippen LogP contribution >= 0.6 is 34.8 Å². The highest BCUT2D eigenvalue weighted by Gasteiger charge is 2.31. The van der Waals surface area contributed by atoms with Crippen LogP contribution in [0.25, 0.3) is 0 Å². The first kappa shape index (κ1) is 26.0. The van der Waals surface area contributed by atoms with E-state index in [1.807, 2.05) is 0 Å². The van der Waals surface area contributed by atoms with Gasteiger partial charge in [0.1, 0.15) is 22.9 Å². The number of aryl methyl sites for hydroxylation is 1. The molecule has 1 N–H and O–H groups in total. The van der Waals surface area contributed by atoms with Crippen LogP contribution < -0.4 is 19.1 Å². The Morgan fingerprint density at radius 2 is 1.50 bits per heavy atom. The number of carbonyl (C=O) groups excluding carboxylic acids is 1. The SMILES string of the molecule is COc1ccc(Cl)cc1NC(=O)CN(c1cc(Cl)cc(Cl)c1)S(=O)(=O)c1cc(C)ccc1OC. The number of methoxy groups -OCH3 is 2. The van der Waals surface area contributed by atoms with E-state index < -0.39 is 22.5 Å². The van der Waals surface area contributed by atoms with Gasteiger partial charge in [-0.25, -0.2) is 8.42 Å². The van der Waals surface area contributed by atoms with Gasteiger partial charge in [-0.1, -0.05) is 40.9 Å². The second-order valence-electron chi connectivity index (χ2n) is 7.19. The van der Waals surface area contributed by atoms with E-state index >= 15 is 0 Å². The van der Waals surface area contributed by atoms with Gasteiger partial charge in [0.2, 0.25) is 5.91 Å². The Labute approximate surface area is 213 Å². The minimum atomic E-state index is -4.29. The van der Waals surface area contributed by atoms with Crippen molar-refractivity contribution < 1.29 is 22.7 Å². The number of anilines is 2. The van der Waals surface area contributed by atoms with Crippen molar-refractivity contribution >= 4 is 62.1 Å². The fourth-order valence-electron chi connectivity index (χ4n) is 3.20. The molecule has 0 bridgehead atoms. The van der Waals surface area contributed by atoms with Gasteiger partial charge in [0, 0.05) is 15.1 Å². The van der Waals surface area contributed by atoms with Gasteiger partial charge in [-0.3, -0.25) is 9.10 Å². The normalized spacial score (nSPS) is 11.1. The van der Waals surface area contributed by atoms with E-state index in [4.69, 9.17) is 44.3 Å². The number of halogens is 3. The quantitative estimate of drug-likeness (QED) is 0.388. The highest BCUT2D eigenvalue weighted by molar-refractivity contribution is 7.93. The number of amides is 1. The van der Waals surface area contributed by atoms with E-state index in [1.54, 1.807) is 31.2 Å². The molecule has 0 heterocycles. The zero-order chi connectivity index (χ0) is 25.0. The van der Waals surface area contributed by atoms with Gasteiger partial charge in [0.05, 0.1) is 25.6 Å². The molecule has 0 atom stereocenters. The van der Waals surface area contributed by atoms with Crippen LogP contribution in [-0.4, -0.2) is 35.1 Å². The van der Waals surface area contributed by atoms with Crippen molar-refractivity contribution in [3.05, 3.63) is 75.2 Å². The number of hydrogen-bond acceptors (Lipinski definition) is 5. The summed E-state index contributed by atoms with van der Waals surface area (Å²) < 4.78 is 39.0. The van der Waals surface area contributed by atoms with E-state index in [2.05, 4.69) is 5.32 Å². The molecule has 3 aromatic carbocycles. The Kier molecular flexibility index (Phi) is 8.20. The first-order valence-corrected chi connectivity index (χ1v) is 12.4. The smallest absolute Gasteiger partial charge is 0.268 e. The Morgan fingerprint density at radius 1 is 0.882 bits per heavy atom. The number of nitrogens with one attached hydrogen (secondary N) is 1. The van der Waals surface area contributed by atoms with Crippen LogP contribution in [0, 0.1) is 6.92 Å². The number of sulfonamides is 1. The Morgan fingerprint density at radius 3 is 2.12 bits per heavy atom. The van der Waals surface area contributed by atoms with E-state index in [0.29, 0.717) is 16.3 Å². The topological polar surface area (TPSA) is 84.9 Å². The summed E-state index contributed by atoms with van der Waals surface area (Å²) >= 11 is 18.3.